The SMILES string of the molecule is BN(N)c1nc(C#N)nc2c1ncn2C. The summed E-state index contributed by atoms with van der Waals surface area (Å²) in [5, 5.41) is 8.77. The Morgan fingerprint density at radius 2 is 2.33 bits per heavy atom. The summed E-state index contributed by atoms with van der Waals surface area (Å²) in [5.41, 5.74) is 1.18. The highest BCUT2D eigenvalue weighted by Gasteiger charge is 2.12. The number of anilines is 1. The summed E-state index contributed by atoms with van der Waals surface area (Å²) in [6.45, 7) is 0. The summed E-state index contributed by atoms with van der Waals surface area (Å²) in [6, 6.07) is 1.89. The second kappa shape index (κ2) is 3.22. The molecule has 8 heteroatoms. The summed E-state index contributed by atoms with van der Waals surface area (Å²) < 4.78 is 1.71. The monoisotopic (exact) mass is 201 g/mol. The first-order valence-corrected chi connectivity index (χ1v) is 4.21. The first kappa shape index (κ1) is 9.42. The molecular formula is C7H8BN7. The fourth-order valence-corrected chi connectivity index (χ4v) is 1.29. The van der Waals surface area contributed by atoms with E-state index < -0.39 is 0 Å². The molecule has 0 saturated carbocycles. The van der Waals surface area contributed by atoms with E-state index in [0.29, 0.717) is 17.0 Å². The van der Waals surface area contributed by atoms with Crippen LogP contribution < -0.4 is 10.8 Å². The third kappa shape index (κ3) is 1.39. The highest BCUT2D eigenvalue weighted by Crippen LogP contribution is 2.18. The molecule has 0 aliphatic carbocycles. The summed E-state index contributed by atoms with van der Waals surface area (Å²) >= 11 is 0. The van der Waals surface area contributed by atoms with Crippen molar-refractivity contribution in [2.24, 2.45) is 12.9 Å². The maximum atomic E-state index is 8.77. The molecule has 2 rings (SSSR count). The van der Waals surface area contributed by atoms with Crippen molar-refractivity contribution in [3.05, 3.63) is 12.2 Å². The van der Waals surface area contributed by atoms with E-state index in [0.717, 1.165) is 0 Å². The molecule has 0 unspecified atom stereocenters. The van der Waals surface area contributed by atoms with Crippen LogP contribution in [0.3, 0.4) is 0 Å². The minimum Gasteiger partial charge on any atom is -0.348 e. The van der Waals surface area contributed by atoms with Crippen molar-refractivity contribution < 1.29 is 0 Å². The van der Waals surface area contributed by atoms with Gasteiger partial charge in [0.2, 0.25) is 13.8 Å². The number of fused-ring (bicyclic) bond motifs is 1. The van der Waals surface area contributed by atoms with Gasteiger partial charge in [-0.1, -0.05) is 0 Å². The van der Waals surface area contributed by atoms with Crippen molar-refractivity contribution in [1.29, 1.82) is 5.26 Å². The lowest BCUT2D eigenvalue weighted by atomic mass is 10.3. The largest absolute Gasteiger partial charge is 0.348 e. The normalized spacial score (nSPS) is 10.2. The number of nitriles is 1. The Bertz CT molecular complexity index is 552. The number of hydrazine groups is 1. The molecule has 2 heterocycles. The molecule has 0 aromatic carbocycles. The van der Waals surface area contributed by atoms with E-state index in [1.54, 1.807) is 25.9 Å². The van der Waals surface area contributed by atoms with Crippen molar-refractivity contribution >= 4 is 25.0 Å². The van der Waals surface area contributed by atoms with Gasteiger partial charge in [-0.3, -0.25) is 5.84 Å². The van der Waals surface area contributed by atoms with Crippen LogP contribution >= 0.6 is 0 Å². The van der Waals surface area contributed by atoms with E-state index in [-0.39, 0.29) is 5.82 Å². The van der Waals surface area contributed by atoms with Gasteiger partial charge in [0.15, 0.2) is 17.0 Å². The number of hydrogen-bond donors (Lipinski definition) is 1. The van der Waals surface area contributed by atoms with Gasteiger partial charge < -0.3 is 9.49 Å². The molecule has 0 aliphatic rings. The number of aromatic nitrogens is 4. The zero-order valence-corrected chi connectivity index (χ0v) is 8.34. The standard InChI is InChI=1S/C7H8BN7/c1-14-3-11-5-6(14)12-4(2-9)13-7(5)15(8)10/h3H,8,10H2,1H3. The van der Waals surface area contributed by atoms with Crippen LogP contribution in [0.5, 0.6) is 0 Å². The summed E-state index contributed by atoms with van der Waals surface area (Å²) in [4.78, 5) is 13.5. The molecule has 0 radical (unpaired) electrons. The average molecular weight is 201 g/mol. The Kier molecular flexibility index (Phi) is 2.02. The summed E-state index contributed by atoms with van der Waals surface area (Å²) in [7, 11) is 3.43. The molecule has 15 heavy (non-hydrogen) atoms. The van der Waals surface area contributed by atoms with Crippen LogP contribution in [0.1, 0.15) is 5.82 Å². The van der Waals surface area contributed by atoms with Gasteiger partial charge in [-0.15, -0.1) is 0 Å². The zero-order chi connectivity index (χ0) is 11.0. The minimum absolute atomic E-state index is 0.0819. The lowest BCUT2D eigenvalue weighted by molar-refractivity contribution is 0.924. The topological polar surface area (TPSA) is 96.7 Å². The van der Waals surface area contributed by atoms with Gasteiger partial charge in [-0.25, -0.2) is 4.98 Å². The van der Waals surface area contributed by atoms with Crippen LogP contribution in [-0.2, 0) is 7.05 Å². The maximum absolute atomic E-state index is 8.77. The second-order valence-corrected chi connectivity index (χ2v) is 3.12. The summed E-state index contributed by atoms with van der Waals surface area (Å²) in [5.74, 6) is 6.12. The van der Waals surface area contributed by atoms with Crippen molar-refractivity contribution in [2.45, 2.75) is 0 Å². The second-order valence-electron chi connectivity index (χ2n) is 3.12. The van der Waals surface area contributed by atoms with Gasteiger partial charge in [0.1, 0.15) is 6.07 Å². The Balaban J connectivity index is 2.84. The molecule has 0 atom stereocenters. The number of imidazole rings is 1. The Hall–Kier alpha value is -2.14. The molecule has 2 N–H and O–H groups in total. The average Bonchev–Trinajstić information content (AvgIpc) is 2.59. The van der Waals surface area contributed by atoms with Crippen LogP contribution in [0.25, 0.3) is 11.2 Å². The van der Waals surface area contributed by atoms with E-state index in [9.17, 15) is 0 Å². The quantitative estimate of drug-likeness (QED) is 0.341. The minimum atomic E-state index is 0.0819. The Labute approximate surface area is 86.6 Å². The molecule has 74 valence electrons. The van der Waals surface area contributed by atoms with E-state index in [4.69, 9.17) is 11.1 Å². The number of aryl methyl sites for hydroxylation is 1. The third-order valence-electron chi connectivity index (χ3n) is 1.98. The zero-order valence-electron chi connectivity index (χ0n) is 8.34. The molecule has 2 aromatic heterocycles. The maximum Gasteiger partial charge on any atom is 0.241 e. The smallest absolute Gasteiger partial charge is 0.241 e. The molecule has 0 fully saturated rings. The van der Waals surface area contributed by atoms with E-state index >= 15 is 0 Å². The molecule has 7 nitrogen and oxygen atoms in total. The lowest BCUT2D eigenvalue weighted by Gasteiger charge is -2.11. The van der Waals surface area contributed by atoms with Gasteiger partial charge in [-0.05, 0) is 0 Å². The van der Waals surface area contributed by atoms with E-state index in [2.05, 4.69) is 15.0 Å². The molecular weight excluding hydrogens is 193 g/mol. The number of nitrogens with two attached hydrogens (primary N) is 1. The van der Waals surface area contributed by atoms with Crippen LogP contribution in [-0.4, -0.2) is 27.5 Å². The Morgan fingerprint density at radius 1 is 1.60 bits per heavy atom. The van der Waals surface area contributed by atoms with Gasteiger partial charge in [0.05, 0.1) is 6.33 Å². The molecule has 0 amide bonds. The van der Waals surface area contributed by atoms with E-state index in [1.807, 2.05) is 6.07 Å². The van der Waals surface area contributed by atoms with Gasteiger partial charge >= 0.3 is 0 Å². The number of hydrogen-bond acceptors (Lipinski definition) is 6. The Morgan fingerprint density at radius 3 is 2.93 bits per heavy atom. The van der Waals surface area contributed by atoms with Crippen LogP contribution in [0.2, 0.25) is 0 Å². The van der Waals surface area contributed by atoms with Gasteiger partial charge in [0, 0.05) is 7.05 Å². The van der Waals surface area contributed by atoms with Crippen molar-refractivity contribution in [3.63, 3.8) is 0 Å². The van der Waals surface area contributed by atoms with E-state index in [1.165, 1.54) is 4.92 Å². The van der Waals surface area contributed by atoms with Crippen molar-refractivity contribution in [1.82, 2.24) is 19.5 Å². The third-order valence-corrected chi connectivity index (χ3v) is 1.98. The molecule has 0 aliphatic heterocycles. The summed E-state index contributed by atoms with van der Waals surface area (Å²) in [6.07, 6.45) is 1.60. The predicted molar refractivity (Wildman–Crippen MR) is 56.2 cm³/mol. The first-order chi connectivity index (χ1) is 7.13. The number of nitrogens with zero attached hydrogens (tertiary/aromatic N) is 6. The van der Waals surface area contributed by atoms with Crippen molar-refractivity contribution in [3.8, 4) is 6.07 Å². The lowest BCUT2D eigenvalue weighted by Crippen LogP contribution is -2.28. The molecule has 0 saturated heterocycles. The van der Waals surface area contributed by atoms with Crippen molar-refractivity contribution in [2.75, 3.05) is 4.92 Å². The molecule has 2 aromatic rings. The number of rotatable bonds is 1. The highest BCUT2D eigenvalue weighted by molar-refractivity contribution is 6.18. The molecule has 0 spiro atoms. The first-order valence-electron chi connectivity index (χ1n) is 4.21. The van der Waals surface area contributed by atoms with Gasteiger partial charge in [-0.2, -0.15) is 15.2 Å². The predicted octanol–water partition coefficient (Wildman–Crippen LogP) is -1.54. The fourth-order valence-electron chi connectivity index (χ4n) is 1.29. The molecule has 0 bridgehead atoms. The van der Waals surface area contributed by atoms with Crippen LogP contribution in [0, 0.1) is 11.3 Å². The fraction of sp³-hybridized carbons (Fsp3) is 0.143. The van der Waals surface area contributed by atoms with Crippen LogP contribution in [0.4, 0.5) is 5.82 Å². The van der Waals surface area contributed by atoms with Gasteiger partial charge in [0.25, 0.3) is 0 Å². The van der Waals surface area contributed by atoms with Crippen LogP contribution in [0.15, 0.2) is 6.33 Å². The highest BCUT2D eigenvalue weighted by atomic mass is 15.4.